The van der Waals surface area contributed by atoms with Crippen molar-refractivity contribution in [1.82, 2.24) is 9.97 Å². The second-order valence-corrected chi connectivity index (χ2v) is 4.25. The molecule has 0 saturated heterocycles. The molecule has 19 heavy (non-hydrogen) atoms. The lowest BCUT2D eigenvalue weighted by molar-refractivity contribution is 0.373. The van der Waals surface area contributed by atoms with Crippen LogP contribution < -0.4 is 10.5 Å². The molecule has 0 fully saturated rings. The van der Waals surface area contributed by atoms with Crippen LogP contribution in [0, 0.1) is 0 Å². The van der Waals surface area contributed by atoms with Gasteiger partial charge in [0.25, 0.3) is 0 Å². The van der Waals surface area contributed by atoms with E-state index in [1.54, 1.807) is 18.2 Å². The number of phenols is 1. The maximum Gasteiger partial charge on any atom is 0.160 e. The summed E-state index contributed by atoms with van der Waals surface area (Å²) in [4.78, 5) is 7.63. The van der Waals surface area contributed by atoms with Crippen molar-refractivity contribution in [2.24, 2.45) is 0 Å². The Kier molecular flexibility index (Phi) is 2.52. The summed E-state index contributed by atoms with van der Waals surface area (Å²) in [6.45, 7) is 0. The maximum absolute atomic E-state index is 9.78. The molecule has 0 bridgehead atoms. The first-order valence-corrected chi connectivity index (χ1v) is 5.80. The quantitative estimate of drug-likeness (QED) is 0.614. The number of ether oxygens (including phenoxy) is 1. The van der Waals surface area contributed by atoms with Gasteiger partial charge in [0.1, 0.15) is 5.82 Å². The van der Waals surface area contributed by atoms with Gasteiger partial charge in [0.05, 0.1) is 18.1 Å². The van der Waals surface area contributed by atoms with Crippen LogP contribution in [0.3, 0.4) is 0 Å². The Morgan fingerprint density at radius 3 is 2.79 bits per heavy atom. The highest BCUT2D eigenvalue weighted by molar-refractivity contribution is 5.82. The first-order chi connectivity index (χ1) is 9.17. The number of nitrogen functional groups attached to an aromatic ring is 1. The van der Waals surface area contributed by atoms with Crippen molar-refractivity contribution < 1.29 is 9.84 Å². The van der Waals surface area contributed by atoms with Crippen LogP contribution in [0.1, 0.15) is 0 Å². The molecular formula is C14H13N3O2. The number of nitrogens with zero attached hydrogens (tertiary/aromatic N) is 1. The average molecular weight is 255 g/mol. The van der Waals surface area contributed by atoms with Crippen LogP contribution in [0.25, 0.3) is 22.4 Å². The monoisotopic (exact) mass is 255 g/mol. The van der Waals surface area contributed by atoms with Crippen molar-refractivity contribution in [3.05, 3.63) is 36.4 Å². The van der Waals surface area contributed by atoms with Crippen molar-refractivity contribution in [3.8, 4) is 22.9 Å². The summed E-state index contributed by atoms with van der Waals surface area (Å²) in [5.41, 5.74) is 8.89. The summed E-state index contributed by atoms with van der Waals surface area (Å²) in [6.07, 6.45) is 0. The van der Waals surface area contributed by atoms with E-state index in [0.29, 0.717) is 17.3 Å². The maximum atomic E-state index is 9.78. The molecule has 0 unspecified atom stereocenters. The fourth-order valence-corrected chi connectivity index (χ4v) is 2.00. The van der Waals surface area contributed by atoms with Gasteiger partial charge in [-0.2, -0.15) is 0 Å². The number of fused-ring (bicyclic) bond motifs is 1. The lowest BCUT2D eigenvalue weighted by Crippen LogP contribution is -1.85. The summed E-state index contributed by atoms with van der Waals surface area (Å²) >= 11 is 0. The number of hydrogen-bond acceptors (Lipinski definition) is 4. The standard InChI is InChI=1S/C14H13N3O2/c1-19-13-5-2-8(6-12(13)18)14-16-10-4-3-9(15)7-11(10)17-14/h2-7,18H,15H2,1H3,(H,16,17). The molecule has 5 nitrogen and oxygen atoms in total. The van der Waals surface area contributed by atoms with Crippen LogP contribution in [-0.2, 0) is 0 Å². The van der Waals surface area contributed by atoms with Crippen LogP contribution in [0.4, 0.5) is 5.69 Å². The van der Waals surface area contributed by atoms with E-state index in [2.05, 4.69) is 9.97 Å². The second kappa shape index (κ2) is 4.20. The Labute approximate surface area is 109 Å². The van der Waals surface area contributed by atoms with Crippen molar-refractivity contribution >= 4 is 16.7 Å². The van der Waals surface area contributed by atoms with E-state index in [0.717, 1.165) is 16.6 Å². The summed E-state index contributed by atoms with van der Waals surface area (Å²) in [6, 6.07) is 10.6. The number of rotatable bonds is 2. The predicted molar refractivity (Wildman–Crippen MR) is 74.2 cm³/mol. The Hall–Kier alpha value is -2.69. The summed E-state index contributed by atoms with van der Waals surface area (Å²) < 4.78 is 5.01. The number of aromatic amines is 1. The lowest BCUT2D eigenvalue weighted by Gasteiger charge is -2.04. The molecule has 0 atom stereocenters. The Balaban J connectivity index is 2.11. The number of aromatic nitrogens is 2. The first-order valence-electron chi connectivity index (χ1n) is 5.80. The third kappa shape index (κ3) is 1.95. The van der Waals surface area contributed by atoms with Gasteiger partial charge >= 0.3 is 0 Å². The summed E-state index contributed by atoms with van der Waals surface area (Å²) in [7, 11) is 1.51. The number of H-pyrrole nitrogens is 1. The Bertz CT molecular complexity index is 750. The van der Waals surface area contributed by atoms with Gasteiger partial charge in [0, 0.05) is 11.3 Å². The molecule has 5 heteroatoms. The predicted octanol–water partition coefficient (Wildman–Crippen LogP) is 2.53. The average Bonchev–Trinajstić information content (AvgIpc) is 2.81. The van der Waals surface area contributed by atoms with Crippen LogP contribution in [0.5, 0.6) is 11.5 Å². The first kappa shape index (κ1) is 11.4. The molecular weight excluding hydrogens is 242 g/mol. The molecule has 96 valence electrons. The number of nitrogens with one attached hydrogen (secondary N) is 1. The van der Waals surface area contributed by atoms with Gasteiger partial charge in [-0.25, -0.2) is 4.98 Å². The van der Waals surface area contributed by atoms with Crippen molar-refractivity contribution in [3.63, 3.8) is 0 Å². The molecule has 0 aliphatic heterocycles. The van der Waals surface area contributed by atoms with E-state index in [9.17, 15) is 5.11 Å². The second-order valence-electron chi connectivity index (χ2n) is 4.25. The molecule has 0 radical (unpaired) electrons. The number of benzene rings is 2. The van der Waals surface area contributed by atoms with Gasteiger partial charge < -0.3 is 20.6 Å². The minimum absolute atomic E-state index is 0.0833. The Morgan fingerprint density at radius 1 is 1.21 bits per heavy atom. The van der Waals surface area contributed by atoms with Crippen LogP contribution in [0.15, 0.2) is 36.4 Å². The normalized spacial score (nSPS) is 10.8. The largest absolute Gasteiger partial charge is 0.504 e. The highest BCUT2D eigenvalue weighted by Gasteiger charge is 2.08. The zero-order valence-corrected chi connectivity index (χ0v) is 10.3. The fraction of sp³-hybridized carbons (Fsp3) is 0.0714. The zero-order valence-electron chi connectivity index (χ0n) is 10.3. The smallest absolute Gasteiger partial charge is 0.160 e. The van der Waals surface area contributed by atoms with Gasteiger partial charge in [0.15, 0.2) is 11.5 Å². The van der Waals surface area contributed by atoms with Gasteiger partial charge in [-0.15, -0.1) is 0 Å². The molecule has 0 aliphatic rings. The van der Waals surface area contributed by atoms with Gasteiger partial charge in [-0.1, -0.05) is 0 Å². The van der Waals surface area contributed by atoms with E-state index in [4.69, 9.17) is 10.5 Å². The number of hydrogen-bond donors (Lipinski definition) is 3. The van der Waals surface area contributed by atoms with Crippen molar-refractivity contribution in [2.75, 3.05) is 12.8 Å². The highest BCUT2D eigenvalue weighted by atomic mass is 16.5. The summed E-state index contributed by atoms with van der Waals surface area (Å²) in [5.74, 6) is 1.20. The SMILES string of the molecule is COc1ccc(-c2nc3ccc(N)cc3[nH]2)cc1O. The molecule has 0 aliphatic carbocycles. The fourth-order valence-electron chi connectivity index (χ4n) is 2.00. The molecule has 2 aromatic carbocycles. The van der Waals surface area contributed by atoms with E-state index >= 15 is 0 Å². The van der Waals surface area contributed by atoms with E-state index in [1.165, 1.54) is 7.11 Å². The molecule has 0 amide bonds. The minimum Gasteiger partial charge on any atom is -0.504 e. The third-order valence-corrected chi connectivity index (χ3v) is 2.96. The molecule has 0 saturated carbocycles. The van der Waals surface area contributed by atoms with Crippen LogP contribution in [0.2, 0.25) is 0 Å². The Morgan fingerprint density at radius 2 is 2.05 bits per heavy atom. The van der Waals surface area contributed by atoms with Gasteiger partial charge in [-0.3, -0.25) is 0 Å². The summed E-state index contributed by atoms with van der Waals surface area (Å²) in [5, 5.41) is 9.78. The van der Waals surface area contributed by atoms with Crippen LogP contribution in [-0.4, -0.2) is 22.2 Å². The number of phenolic OH excluding ortho intramolecular Hbond substituents is 1. The number of imidazole rings is 1. The van der Waals surface area contributed by atoms with Crippen molar-refractivity contribution in [2.45, 2.75) is 0 Å². The molecule has 0 spiro atoms. The number of anilines is 1. The molecule has 1 heterocycles. The molecule has 3 aromatic rings. The number of nitrogens with two attached hydrogens (primary N) is 1. The molecule has 3 rings (SSSR count). The zero-order chi connectivity index (χ0) is 13.4. The van der Waals surface area contributed by atoms with E-state index in [-0.39, 0.29) is 5.75 Å². The highest BCUT2D eigenvalue weighted by Crippen LogP contribution is 2.31. The van der Waals surface area contributed by atoms with Crippen molar-refractivity contribution in [1.29, 1.82) is 0 Å². The van der Waals surface area contributed by atoms with E-state index < -0.39 is 0 Å². The minimum atomic E-state index is 0.0833. The third-order valence-electron chi connectivity index (χ3n) is 2.96. The lowest BCUT2D eigenvalue weighted by atomic mass is 10.2. The number of aromatic hydroxyl groups is 1. The van der Waals surface area contributed by atoms with Gasteiger partial charge in [-0.05, 0) is 36.4 Å². The van der Waals surface area contributed by atoms with Crippen LogP contribution >= 0.6 is 0 Å². The van der Waals surface area contributed by atoms with E-state index in [1.807, 2.05) is 18.2 Å². The van der Waals surface area contributed by atoms with Gasteiger partial charge in [0.2, 0.25) is 0 Å². The number of methoxy groups -OCH3 is 1. The molecule has 1 aromatic heterocycles. The topological polar surface area (TPSA) is 84.2 Å². The molecule has 4 N–H and O–H groups in total.